The Morgan fingerprint density at radius 3 is 2.81 bits per heavy atom. The van der Waals surface area contributed by atoms with Gasteiger partial charge in [0.1, 0.15) is 10.6 Å². The van der Waals surface area contributed by atoms with E-state index in [1.165, 1.54) is 22.2 Å². The van der Waals surface area contributed by atoms with Crippen molar-refractivity contribution >= 4 is 56.7 Å². The van der Waals surface area contributed by atoms with Gasteiger partial charge in [-0.25, -0.2) is 9.97 Å². The van der Waals surface area contributed by atoms with E-state index in [0.29, 0.717) is 22.3 Å². The fraction of sp³-hybridized carbons (Fsp3) is 0.316. The topological polar surface area (TPSA) is 68.9 Å². The summed E-state index contributed by atoms with van der Waals surface area (Å²) in [7, 11) is 0. The Labute approximate surface area is 165 Å². The lowest BCUT2D eigenvalue weighted by molar-refractivity contribution is 0.102. The van der Waals surface area contributed by atoms with Gasteiger partial charge in [0.2, 0.25) is 0 Å². The SMILES string of the molecule is CC1(C)Cc2c(sc3nc(SCC(=O)c4ccccc4)nc(N)c23)CS1. The Bertz CT molecular complexity index is 983. The van der Waals surface area contributed by atoms with Crippen LogP contribution in [0.3, 0.4) is 0 Å². The van der Waals surface area contributed by atoms with E-state index in [1.54, 1.807) is 11.3 Å². The Kier molecular flexibility index (Phi) is 4.71. The van der Waals surface area contributed by atoms with Crippen molar-refractivity contribution in [2.24, 2.45) is 0 Å². The van der Waals surface area contributed by atoms with Crippen LogP contribution in [-0.2, 0) is 12.2 Å². The number of carbonyl (C=O) groups excluding carboxylic acids is 1. The minimum atomic E-state index is 0.0708. The van der Waals surface area contributed by atoms with Gasteiger partial charge in [0.15, 0.2) is 10.9 Å². The van der Waals surface area contributed by atoms with E-state index in [9.17, 15) is 4.79 Å². The number of nitrogens with zero attached hydrogens (tertiary/aromatic N) is 2. The number of hydrogen-bond donors (Lipinski definition) is 1. The predicted molar refractivity (Wildman–Crippen MR) is 112 cm³/mol. The summed E-state index contributed by atoms with van der Waals surface area (Å²) < 4.78 is 0.211. The summed E-state index contributed by atoms with van der Waals surface area (Å²) in [4.78, 5) is 23.7. The molecular weight excluding hydrogens is 382 g/mol. The molecule has 2 N–H and O–H groups in total. The fourth-order valence-corrected chi connectivity index (χ4v) is 6.21. The van der Waals surface area contributed by atoms with Crippen LogP contribution in [-0.4, -0.2) is 26.3 Å². The van der Waals surface area contributed by atoms with Gasteiger partial charge in [-0.15, -0.1) is 23.1 Å². The number of Topliss-reactive ketones (excluding diaryl/α,β-unsaturated/α-hetero) is 1. The van der Waals surface area contributed by atoms with Gasteiger partial charge in [-0.3, -0.25) is 4.79 Å². The number of thioether (sulfide) groups is 2. The summed E-state index contributed by atoms with van der Waals surface area (Å²) >= 11 is 5.03. The van der Waals surface area contributed by atoms with Gasteiger partial charge in [0.05, 0.1) is 11.1 Å². The lowest BCUT2D eigenvalue weighted by atomic mass is 9.99. The Morgan fingerprint density at radius 2 is 2.04 bits per heavy atom. The zero-order valence-corrected chi connectivity index (χ0v) is 17.1. The number of ketones is 1. The normalized spacial score (nSPS) is 15.8. The molecule has 2 aromatic heterocycles. The molecule has 0 spiro atoms. The van der Waals surface area contributed by atoms with Crippen LogP contribution in [0.1, 0.15) is 34.6 Å². The summed E-state index contributed by atoms with van der Waals surface area (Å²) in [6.45, 7) is 4.53. The molecule has 0 saturated heterocycles. The van der Waals surface area contributed by atoms with Crippen molar-refractivity contribution in [3.8, 4) is 0 Å². The number of hydrogen-bond acceptors (Lipinski definition) is 7. The van der Waals surface area contributed by atoms with Crippen molar-refractivity contribution in [1.29, 1.82) is 0 Å². The molecule has 0 unspecified atom stereocenters. The Hall–Kier alpha value is -1.57. The molecule has 1 aromatic carbocycles. The Morgan fingerprint density at radius 1 is 1.27 bits per heavy atom. The molecule has 0 saturated carbocycles. The minimum absolute atomic E-state index is 0.0708. The third-order valence-corrected chi connectivity index (χ3v) is 7.88. The number of benzene rings is 1. The summed E-state index contributed by atoms with van der Waals surface area (Å²) in [5.41, 5.74) is 8.30. The molecular formula is C19H19N3OS3. The summed E-state index contributed by atoms with van der Waals surface area (Å²) in [5, 5.41) is 1.59. The van der Waals surface area contributed by atoms with E-state index in [2.05, 4.69) is 23.8 Å². The number of nitrogen functional groups attached to an aromatic ring is 1. The number of nitrogens with two attached hydrogens (primary N) is 1. The average molecular weight is 402 g/mol. The van der Waals surface area contributed by atoms with Crippen LogP contribution in [0.4, 0.5) is 5.82 Å². The van der Waals surface area contributed by atoms with E-state index < -0.39 is 0 Å². The quantitative estimate of drug-likeness (QED) is 0.384. The molecule has 26 heavy (non-hydrogen) atoms. The van der Waals surface area contributed by atoms with Gasteiger partial charge in [0, 0.05) is 20.9 Å². The maximum atomic E-state index is 12.3. The zero-order chi connectivity index (χ0) is 18.3. The maximum absolute atomic E-state index is 12.3. The maximum Gasteiger partial charge on any atom is 0.191 e. The van der Waals surface area contributed by atoms with Crippen LogP contribution in [0.2, 0.25) is 0 Å². The lowest BCUT2D eigenvalue weighted by Gasteiger charge is -2.28. The van der Waals surface area contributed by atoms with E-state index >= 15 is 0 Å². The summed E-state index contributed by atoms with van der Waals surface area (Å²) in [6.07, 6.45) is 0.986. The van der Waals surface area contributed by atoms with Crippen LogP contribution in [0.25, 0.3) is 10.2 Å². The largest absolute Gasteiger partial charge is 0.383 e. The molecule has 134 valence electrons. The van der Waals surface area contributed by atoms with E-state index in [0.717, 1.165) is 22.4 Å². The van der Waals surface area contributed by atoms with Gasteiger partial charge >= 0.3 is 0 Å². The highest BCUT2D eigenvalue weighted by Gasteiger charge is 2.30. The number of rotatable bonds is 4. The van der Waals surface area contributed by atoms with Gasteiger partial charge in [-0.1, -0.05) is 55.9 Å². The molecule has 7 heteroatoms. The number of anilines is 1. The van der Waals surface area contributed by atoms with Crippen molar-refractivity contribution < 1.29 is 4.79 Å². The van der Waals surface area contributed by atoms with Crippen LogP contribution in [0, 0.1) is 0 Å². The second kappa shape index (κ2) is 6.87. The molecule has 0 amide bonds. The highest BCUT2D eigenvalue weighted by molar-refractivity contribution is 8.00. The van der Waals surface area contributed by atoms with Crippen molar-refractivity contribution in [2.75, 3.05) is 11.5 Å². The highest BCUT2D eigenvalue weighted by Crippen LogP contribution is 2.45. The number of aromatic nitrogens is 2. The molecule has 0 fully saturated rings. The minimum Gasteiger partial charge on any atom is -0.383 e. The molecule has 0 bridgehead atoms. The molecule has 0 aliphatic carbocycles. The Balaban J connectivity index is 1.59. The molecule has 1 aliphatic rings. The third kappa shape index (κ3) is 3.48. The predicted octanol–water partition coefficient (Wildman–Crippen LogP) is 4.82. The van der Waals surface area contributed by atoms with Gasteiger partial charge in [0.25, 0.3) is 0 Å². The number of thiophene rings is 1. The van der Waals surface area contributed by atoms with Crippen LogP contribution in [0.5, 0.6) is 0 Å². The third-order valence-electron chi connectivity index (χ3n) is 4.37. The molecule has 0 radical (unpaired) electrons. The average Bonchev–Trinajstić information content (AvgIpc) is 2.97. The molecule has 4 rings (SSSR count). The van der Waals surface area contributed by atoms with Gasteiger partial charge in [-0.05, 0) is 12.0 Å². The first-order chi connectivity index (χ1) is 12.4. The fourth-order valence-electron chi connectivity index (χ4n) is 3.05. The van der Waals surface area contributed by atoms with Gasteiger partial charge < -0.3 is 5.73 Å². The first-order valence-corrected chi connectivity index (χ1v) is 11.1. The molecule has 4 nitrogen and oxygen atoms in total. The summed E-state index contributed by atoms with van der Waals surface area (Å²) in [5.74, 6) is 1.91. The van der Waals surface area contributed by atoms with E-state index in [1.807, 2.05) is 42.1 Å². The molecule has 1 aliphatic heterocycles. The first-order valence-electron chi connectivity index (χ1n) is 8.36. The summed E-state index contributed by atoms with van der Waals surface area (Å²) in [6, 6.07) is 9.30. The van der Waals surface area contributed by atoms with Gasteiger partial charge in [-0.2, -0.15) is 0 Å². The molecule has 3 aromatic rings. The van der Waals surface area contributed by atoms with Crippen molar-refractivity contribution in [2.45, 2.75) is 35.9 Å². The van der Waals surface area contributed by atoms with Crippen LogP contribution in [0.15, 0.2) is 35.5 Å². The number of fused-ring (bicyclic) bond motifs is 3. The number of carbonyl (C=O) groups is 1. The zero-order valence-electron chi connectivity index (χ0n) is 14.6. The second-order valence-corrected chi connectivity index (χ2v) is 10.6. The van der Waals surface area contributed by atoms with Crippen LogP contribution < -0.4 is 5.73 Å². The second-order valence-electron chi connectivity index (χ2n) is 6.88. The smallest absolute Gasteiger partial charge is 0.191 e. The van der Waals surface area contributed by atoms with Crippen molar-refractivity contribution in [3.63, 3.8) is 0 Å². The lowest BCUT2D eigenvalue weighted by Crippen LogP contribution is -2.22. The standard InChI is InChI=1S/C19H19N3OS3/c1-19(2)8-12-14(10-25-19)26-17-15(12)16(20)21-18(22-17)24-9-13(23)11-6-4-3-5-7-11/h3-7H,8-10H2,1-2H3,(H2,20,21,22). The van der Waals surface area contributed by atoms with Crippen molar-refractivity contribution in [1.82, 2.24) is 9.97 Å². The molecule has 3 heterocycles. The highest BCUT2D eigenvalue weighted by atomic mass is 32.2. The first kappa shape index (κ1) is 17.8. The van der Waals surface area contributed by atoms with E-state index in [4.69, 9.17) is 5.73 Å². The van der Waals surface area contributed by atoms with E-state index in [-0.39, 0.29) is 10.5 Å². The monoisotopic (exact) mass is 401 g/mol. The van der Waals surface area contributed by atoms with Crippen LogP contribution >= 0.6 is 34.9 Å². The molecule has 0 atom stereocenters. The van der Waals surface area contributed by atoms with Crippen molar-refractivity contribution in [3.05, 3.63) is 46.3 Å².